The van der Waals surface area contributed by atoms with E-state index < -0.39 is 0 Å². The molecule has 3 heterocycles. The van der Waals surface area contributed by atoms with E-state index in [0.717, 1.165) is 48.3 Å². The van der Waals surface area contributed by atoms with Crippen LogP contribution in [0.4, 0.5) is 5.82 Å². The minimum Gasteiger partial charge on any atom is -0.353 e. The van der Waals surface area contributed by atoms with Crippen LogP contribution < -0.4 is 4.90 Å². The summed E-state index contributed by atoms with van der Waals surface area (Å²) in [5.41, 5.74) is 3.19. The Morgan fingerprint density at radius 1 is 1.07 bits per heavy atom. The van der Waals surface area contributed by atoms with Gasteiger partial charge in [-0.15, -0.1) is 11.3 Å². The van der Waals surface area contributed by atoms with E-state index in [0.29, 0.717) is 6.42 Å². The summed E-state index contributed by atoms with van der Waals surface area (Å²) >= 11 is 1.60. The number of hydrogen-bond donors (Lipinski definition) is 0. The third-order valence-corrected chi connectivity index (χ3v) is 5.73. The summed E-state index contributed by atoms with van der Waals surface area (Å²) in [5.74, 6) is 1.13. The second kappa shape index (κ2) is 7.88. The fraction of sp³-hybridized carbons (Fsp3) is 0.286. The normalized spacial score (nSPS) is 14.4. The van der Waals surface area contributed by atoms with Gasteiger partial charge < -0.3 is 9.80 Å². The van der Waals surface area contributed by atoms with Crippen LogP contribution in [0.25, 0.3) is 10.6 Å². The highest BCUT2D eigenvalue weighted by Gasteiger charge is 2.22. The van der Waals surface area contributed by atoms with Crippen LogP contribution in [0.15, 0.2) is 54.0 Å². The summed E-state index contributed by atoms with van der Waals surface area (Å²) in [4.78, 5) is 25.9. The molecule has 0 spiro atoms. The number of aryl methyl sites for hydroxylation is 1. The molecule has 3 aromatic rings. The molecular weight excluding hydrogens is 356 g/mol. The van der Waals surface area contributed by atoms with E-state index in [1.54, 1.807) is 17.5 Å². The van der Waals surface area contributed by atoms with Gasteiger partial charge in [-0.1, -0.05) is 35.9 Å². The number of benzene rings is 1. The maximum atomic E-state index is 12.7. The first kappa shape index (κ1) is 17.7. The Morgan fingerprint density at radius 2 is 1.85 bits per heavy atom. The Bertz CT molecular complexity index is 899. The SMILES string of the molecule is Cc1ccc(-c2nc(CC(=O)N3CCN(c4ccccn4)CC3)cs2)cc1. The lowest BCUT2D eigenvalue weighted by molar-refractivity contribution is -0.130. The lowest BCUT2D eigenvalue weighted by Gasteiger charge is -2.35. The van der Waals surface area contributed by atoms with Crippen LogP contribution in [0, 0.1) is 6.92 Å². The van der Waals surface area contributed by atoms with Crippen molar-refractivity contribution in [1.29, 1.82) is 0 Å². The van der Waals surface area contributed by atoms with Crippen LogP contribution in [-0.2, 0) is 11.2 Å². The largest absolute Gasteiger partial charge is 0.353 e. The number of thiazole rings is 1. The third kappa shape index (κ3) is 4.17. The van der Waals surface area contributed by atoms with Crippen LogP contribution >= 0.6 is 11.3 Å². The van der Waals surface area contributed by atoms with Gasteiger partial charge >= 0.3 is 0 Å². The van der Waals surface area contributed by atoms with Crippen LogP contribution in [-0.4, -0.2) is 47.0 Å². The number of carbonyl (C=O) groups excluding carboxylic acids is 1. The molecule has 27 heavy (non-hydrogen) atoms. The van der Waals surface area contributed by atoms with E-state index in [2.05, 4.69) is 46.1 Å². The highest BCUT2D eigenvalue weighted by Crippen LogP contribution is 2.24. The van der Waals surface area contributed by atoms with Crippen molar-refractivity contribution in [1.82, 2.24) is 14.9 Å². The predicted octanol–water partition coefficient (Wildman–Crippen LogP) is 3.40. The summed E-state index contributed by atoms with van der Waals surface area (Å²) in [7, 11) is 0. The average Bonchev–Trinajstić information content (AvgIpc) is 3.18. The molecule has 2 aromatic heterocycles. The highest BCUT2D eigenvalue weighted by molar-refractivity contribution is 7.13. The van der Waals surface area contributed by atoms with E-state index in [4.69, 9.17) is 0 Å². The second-order valence-electron chi connectivity index (χ2n) is 6.74. The summed E-state index contributed by atoms with van der Waals surface area (Å²) in [6, 6.07) is 14.3. The molecule has 1 aliphatic rings. The molecule has 5 nitrogen and oxygen atoms in total. The van der Waals surface area contributed by atoms with Crippen molar-refractivity contribution < 1.29 is 4.79 Å². The third-order valence-electron chi connectivity index (χ3n) is 4.79. The maximum Gasteiger partial charge on any atom is 0.228 e. The van der Waals surface area contributed by atoms with Gasteiger partial charge in [0.1, 0.15) is 10.8 Å². The molecule has 1 amide bonds. The standard InChI is InChI=1S/C21H22N4OS/c1-16-5-7-17(8-6-16)21-23-18(15-27-21)14-20(26)25-12-10-24(11-13-25)19-4-2-3-9-22-19/h2-9,15H,10-14H2,1H3. The fourth-order valence-corrected chi connectivity index (χ4v) is 4.04. The van der Waals surface area contributed by atoms with Gasteiger partial charge in [0.2, 0.25) is 5.91 Å². The minimum atomic E-state index is 0.149. The van der Waals surface area contributed by atoms with Gasteiger partial charge in [0, 0.05) is 43.3 Å². The van der Waals surface area contributed by atoms with Crippen molar-refractivity contribution in [3.8, 4) is 10.6 Å². The Hall–Kier alpha value is -2.73. The number of pyridine rings is 1. The molecular formula is C21H22N4OS. The molecule has 6 heteroatoms. The number of amides is 1. The number of nitrogens with zero attached hydrogens (tertiary/aromatic N) is 4. The summed E-state index contributed by atoms with van der Waals surface area (Å²) in [6.45, 7) is 5.15. The lowest BCUT2D eigenvalue weighted by atomic mass is 10.2. The lowest BCUT2D eigenvalue weighted by Crippen LogP contribution is -2.49. The van der Waals surface area contributed by atoms with E-state index in [-0.39, 0.29) is 5.91 Å². The smallest absolute Gasteiger partial charge is 0.228 e. The first-order chi connectivity index (χ1) is 13.2. The molecule has 138 valence electrons. The van der Waals surface area contributed by atoms with Gasteiger partial charge in [0.05, 0.1) is 12.1 Å². The molecule has 1 fully saturated rings. The van der Waals surface area contributed by atoms with Crippen molar-refractivity contribution in [3.63, 3.8) is 0 Å². The number of rotatable bonds is 4. The van der Waals surface area contributed by atoms with Gasteiger partial charge in [-0.05, 0) is 19.1 Å². The molecule has 0 bridgehead atoms. The van der Waals surface area contributed by atoms with Gasteiger partial charge in [-0.3, -0.25) is 4.79 Å². The topological polar surface area (TPSA) is 49.3 Å². The number of aromatic nitrogens is 2. The van der Waals surface area contributed by atoms with Crippen LogP contribution in [0.2, 0.25) is 0 Å². The Labute approximate surface area is 163 Å². The molecule has 1 aliphatic heterocycles. The Kier molecular flexibility index (Phi) is 5.16. The average molecular weight is 379 g/mol. The molecule has 0 N–H and O–H groups in total. The molecule has 0 aliphatic carbocycles. The predicted molar refractivity (Wildman–Crippen MR) is 109 cm³/mol. The number of anilines is 1. The minimum absolute atomic E-state index is 0.149. The summed E-state index contributed by atoms with van der Waals surface area (Å²) in [6.07, 6.45) is 2.17. The van der Waals surface area contributed by atoms with Gasteiger partial charge in [-0.2, -0.15) is 0 Å². The van der Waals surface area contributed by atoms with E-state index in [1.165, 1.54) is 5.56 Å². The summed E-state index contributed by atoms with van der Waals surface area (Å²) in [5, 5.41) is 2.97. The van der Waals surface area contributed by atoms with Crippen LogP contribution in [0.3, 0.4) is 0 Å². The number of carbonyl (C=O) groups is 1. The fourth-order valence-electron chi connectivity index (χ4n) is 3.21. The van der Waals surface area contributed by atoms with Crippen LogP contribution in [0.1, 0.15) is 11.3 Å². The molecule has 0 atom stereocenters. The monoisotopic (exact) mass is 378 g/mol. The van der Waals surface area contributed by atoms with E-state index in [9.17, 15) is 4.79 Å². The van der Waals surface area contributed by atoms with Gasteiger partial charge in [0.15, 0.2) is 0 Å². The quantitative estimate of drug-likeness (QED) is 0.698. The molecule has 0 radical (unpaired) electrons. The van der Waals surface area contributed by atoms with Crippen molar-refractivity contribution >= 4 is 23.1 Å². The zero-order valence-corrected chi connectivity index (χ0v) is 16.2. The van der Waals surface area contributed by atoms with Crippen LogP contribution in [0.5, 0.6) is 0 Å². The zero-order valence-electron chi connectivity index (χ0n) is 15.3. The van der Waals surface area contributed by atoms with Gasteiger partial charge in [-0.25, -0.2) is 9.97 Å². The van der Waals surface area contributed by atoms with E-state index >= 15 is 0 Å². The zero-order chi connectivity index (χ0) is 18.6. The number of hydrogen-bond acceptors (Lipinski definition) is 5. The maximum absolute atomic E-state index is 12.7. The highest BCUT2D eigenvalue weighted by atomic mass is 32.1. The molecule has 0 unspecified atom stereocenters. The molecule has 1 aromatic carbocycles. The van der Waals surface area contributed by atoms with Crippen molar-refractivity contribution in [2.24, 2.45) is 0 Å². The molecule has 0 saturated carbocycles. The Morgan fingerprint density at radius 3 is 2.56 bits per heavy atom. The Balaban J connectivity index is 1.34. The van der Waals surface area contributed by atoms with Crippen molar-refractivity contribution in [2.75, 3.05) is 31.1 Å². The second-order valence-corrected chi connectivity index (χ2v) is 7.60. The van der Waals surface area contributed by atoms with Crippen molar-refractivity contribution in [2.45, 2.75) is 13.3 Å². The van der Waals surface area contributed by atoms with Crippen molar-refractivity contribution in [3.05, 3.63) is 65.3 Å². The molecule has 4 rings (SSSR count). The first-order valence-electron chi connectivity index (χ1n) is 9.14. The van der Waals surface area contributed by atoms with Gasteiger partial charge in [0.25, 0.3) is 0 Å². The number of piperazine rings is 1. The summed E-state index contributed by atoms with van der Waals surface area (Å²) < 4.78 is 0. The van der Waals surface area contributed by atoms with E-state index in [1.807, 2.05) is 28.5 Å². The molecule has 1 saturated heterocycles. The first-order valence-corrected chi connectivity index (χ1v) is 10.0.